The summed E-state index contributed by atoms with van der Waals surface area (Å²) >= 11 is 1.98. The van der Waals surface area contributed by atoms with Crippen LogP contribution < -0.4 is 10.1 Å². The molecule has 0 amide bonds. The summed E-state index contributed by atoms with van der Waals surface area (Å²) in [6.07, 6.45) is 1.14. The molecule has 4 nitrogen and oxygen atoms in total. The van der Waals surface area contributed by atoms with E-state index in [0.717, 1.165) is 18.9 Å². The maximum Gasteiger partial charge on any atom is 0.164 e. The lowest BCUT2D eigenvalue weighted by molar-refractivity contribution is 0.0718. The lowest BCUT2D eigenvalue weighted by Crippen LogP contribution is -2.24. The molecule has 0 heterocycles. The number of nitrogens with one attached hydrogen (secondary N) is 1. The number of hydrogen-bond acceptors (Lipinski definition) is 4. The number of rotatable bonds is 9. The van der Waals surface area contributed by atoms with Crippen molar-refractivity contribution in [2.75, 3.05) is 25.6 Å². The molecule has 29 heavy (non-hydrogen) atoms. The third-order valence-corrected chi connectivity index (χ3v) is 6.03. The molecule has 2 aromatic carbocycles. The number of halogens is 4. The minimum Gasteiger partial charge on any atom is -0.494 e. The molecular weight excluding hydrogens is 498 g/mol. The van der Waals surface area contributed by atoms with Crippen LogP contribution in [0.1, 0.15) is 30.4 Å². The molecule has 1 fully saturated rings. The van der Waals surface area contributed by atoms with Crippen LogP contribution in [-0.2, 0) is 6.42 Å². The SMILES string of the molecule is COc1cc(F)c(F)c(Cc2ccc(I)cc2F)c1NCC1(C[C@H](O)CO)CC1. The molecule has 2 aromatic rings. The number of aliphatic hydroxyl groups is 2. The lowest BCUT2D eigenvalue weighted by atomic mass is 9.97. The lowest BCUT2D eigenvalue weighted by Gasteiger charge is -2.22. The molecule has 0 unspecified atom stereocenters. The van der Waals surface area contributed by atoms with E-state index in [-0.39, 0.29) is 41.0 Å². The highest BCUT2D eigenvalue weighted by atomic mass is 127. The van der Waals surface area contributed by atoms with Gasteiger partial charge in [-0.05, 0) is 65.0 Å². The van der Waals surface area contributed by atoms with E-state index >= 15 is 0 Å². The van der Waals surface area contributed by atoms with Crippen molar-refractivity contribution in [3.8, 4) is 5.75 Å². The Morgan fingerprint density at radius 1 is 1.21 bits per heavy atom. The van der Waals surface area contributed by atoms with Crippen molar-refractivity contribution >= 4 is 28.3 Å². The maximum atomic E-state index is 14.7. The Kier molecular flexibility index (Phi) is 6.95. The molecule has 0 aromatic heterocycles. The molecular formula is C21H23F3INO3. The van der Waals surface area contributed by atoms with Gasteiger partial charge in [-0.3, -0.25) is 0 Å². The summed E-state index contributed by atoms with van der Waals surface area (Å²) in [7, 11) is 1.36. The van der Waals surface area contributed by atoms with E-state index in [1.807, 2.05) is 22.6 Å². The van der Waals surface area contributed by atoms with Gasteiger partial charge in [0.25, 0.3) is 0 Å². The normalized spacial score (nSPS) is 15.8. The van der Waals surface area contributed by atoms with E-state index in [1.54, 1.807) is 12.1 Å². The third-order valence-electron chi connectivity index (χ3n) is 5.36. The molecule has 0 bridgehead atoms. The summed E-state index contributed by atoms with van der Waals surface area (Å²) in [4.78, 5) is 0. The number of hydrogen-bond donors (Lipinski definition) is 3. The van der Waals surface area contributed by atoms with Gasteiger partial charge in [-0.15, -0.1) is 0 Å². The standard InChI is InChI=1S/C21H23F3INO3/c1-29-18-8-17(23)19(24)15(6-12-2-3-13(25)7-16(12)22)20(18)26-11-21(4-5-21)9-14(28)10-27/h2-3,7-8,14,26-28H,4-6,9-11H2,1H3/t14-/m0/s1. The molecule has 1 saturated carbocycles. The van der Waals surface area contributed by atoms with Gasteiger partial charge in [0.1, 0.15) is 11.6 Å². The second-order valence-electron chi connectivity index (χ2n) is 7.53. The molecule has 0 saturated heterocycles. The summed E-state index contributed by atoms with van der Waals surface area (Å²) in [6.45, 7) is 0.0707. The van der Waals surface area contributed by atoms with Crippen molar-refractivity contribution in [1.82, 2.24) is 0 Å². The van der Waals surface area contributed by atoms with Crippen molar-refractivity contribution in [3.05, 3.63) is 56.4 Å². The van der Waals surface area contributed by atoms with Gasteiger partial charge in [0.2, 0.25) is 0 Å². The van der Waals surface area contributed by atoms with E-state index in [2.05, 4.69) is 5.32 Å². The van der Waals surface area contributed by atoms with Crippen LogP contribution in [0.5, 0.6) is 5.75 Å². The zero-order valence-corrected chi connectivity index (χ0v) is 18.1. The molecule has 1 aliphatic rings. The van der Waals surface area contributed by atoms with Gasteiger partial charge in [-0.1, -0.05) is 6.07 Å². The van der Waals surface area contributed by atoms with Gasteiger partial charge < -0.3 is 20.3 Å². The predicted molar refractivity (Wildman–Crippen MR) is 113 cm³/mol. The summed E-state index contributed by atoms with van der Waals surface area (Å²) in [6, 6.07) is 5.56. The van der Waals surface area contributed by atoms with Crippen molar-refractivity contribution in [1.29, 1.82) is 0 Å². The highest BCUT2D eigenvalue weighted by molar-refractivity contribution is 14.1. The molecule has 8 heteroatoms. The van der Waals surface area contributed by atoms with Crippen LogP contribution in [0.3, 0.4) is 0 Å². The van der Waals surface area contributed by atoms with E-state index in [1.165, 1.54) is 13.2 Å². The van der Waals surface area contributed by atoms with Gasteiger partial charge in [0, 0.05) is 28.2 Å². The predicted octanol–water partition coefficient (Wildman–Crippen LogP) is 4.24. The third kappa shape index (κ3) is 5.16. The van der Waals surface area contributed by atoms with Crippen LogP contribution in [0, 0.1) is 26.4 Å². The Labute approximate surface area is 181 Å². The zero-order chi connectivity index (χ0) is 21.2. The second kappa shape index (κ2) is 9.09. The van der Waals surface area contributed by atoms with Crippen molar-refractivity contribution in [3.63, 3.8) is 0 Å². The first-order valence-electron chi connectivity index (χ1n) is 9.30. The maximum absolute atomic E-state index is 14.7. The molecule has 0 radical (unpaired) electrons. The van der Waals surface area contributed by atoms with E-state index in [4.69, 9.17) is 9.84 Å². The minimum absolute atomic E-state index is 0.0135. The van der Waals surface area contributed by atoms with Crippen molar-refractivity contribution in [2.45, 2.75) is 31.8 Å². The highest BCUT2D eigenvalue weighted by Gasteiger charge is 2.44. The van der Waals surface area contributed by atoms with Crippen LogP contribution >= 0.6 is 22.6 Å². The summed E-state index contributed by atoms with van der Waals surface area (Å²) in [5.74, 6) is -2.48. The van der Waals surface area contributed by atoms with E-state index in [0.29, 0.717) is 16.5 Å². The largest absolute Gasteiger partial charge is 0.494 e. The van der Waals surface area contributed by atoms with Crippen LogP contribution in [0.25, 0.3) is 0 Å². The Morgan fingerprint density at radius 2 is 1.93 bits per heavy atom. The number of benzene rings is 2. The van der Waals surface area contributed by atoms with Gasteiger partial charge in [-0.2, -0.15) is 0 Å². The Bertz CT molecular complexity index is 890. The van der Waals surface area contributed by atoms with Crippen LogP contribution in [0.2, 0.25) is 0 Å². The molecule has 1 atom stereocenters. The fraction of sp³-hybridized carbons (Fsp3) is 0.429. The van der Waals surface area contributed by atoms with Gasteiger partial charge in [0.05, 0.1) is 25.5 Å². The number of ether oxygens (including phenoxy) is 1. The van der Waals surface area contributed by atoms with Crippen LogP contribution in [0.4, 0.5) is 18.9 Å². The highest BCUT2D eigenvalue weighted by Crippen LogP contribution is 2.50. The molecule has 158 valence electrons. The first kappa shape index (κ1) is 22.2. The number of anilines is 1. The zero-order valence-electron chi connectivity index (χ0n) is 15.9. The van der Waals surface area contributed by atoms with Crippen LogP contribution in [-0.4, -0.2) is 36.6 Å². The first-order valence-corrected chi connectivity index (χ1v) is 10.4. The smallest absolute Gasteiger partial charge is 0.164 e. The van der Waals surface area contributed by atoms with Crippen molar-refractivity contribution in [2.24, 2.45) is 5.41 Å². The van der Waals surface area contributed by atoms with E-state index in [9.17, 15) is 18.3 Å². The van der Waals surface area contributed by atoms with Gasteiger partial charge in [-0.25, -0.2) is 13.2 Å². The topological polar surface area (TPSA) is 61.7 Å². The minimum atomic E-state index is -1.06. The molecule has 3 rings (SSSR count). The van der Waals surface area contributed by atoms with Gasteiger partial charge in [0.15, 0.2) is 11.6 Å². The number of aliphatic hydroxyl groups excluding tert-OH is 2. The summed E-state index contributed by atoms with van der Waals surface area (Å²) in [5, 5.41) is 22.0. The second-order valence-corrected chi connectivity index (χ2v) is 8.78. The van der Waals surface area contributed by atoms with Crippen LogP contribution in [0.15, 0.2) is 24.3 Å². The average Bonchev–Trinajstić information content (AvgIpc) is 3.45. The average molecular weight is 521 g/mol. The summed E-state index contributed by atoms with van der Waals surface area (Å²) in [5.41, 5.74) is 0.287. The van der Waals surface area contributed by atoms with Crippen molar-refractivity contribution < 1.29 is 28.1 Å². The molecule has 0 aliphatic heterocycles. The molecule has 3 N–H and O–H groups in total. The summed E-state index contributed by atoms with van der Waals surface area (Å²) < 4.78 is 49.1. The molecule has 1 aliphatic carbocycles. The van der Waals surface area contributed by atoms with E-state index < -0.39 is 23.6 Å². The fourth-order valence-electron chi connectivity index (χ4n) is 3.50. The Morgan fingerprint density at radius 3 is 2.52 bits per heavy atom. The first-order chi connectivity index (χ1) is 13.8. The molecule has 0 spiro atoms. The fourth-order valence-corrected chi connectivity index (χ4v) is 3.95. The number of methoxy groups -OCH3 is 1. The monoisotopic (exact) mass is 521 g/mol. The Hall–Kier alpha value is -1.52. The quantitative estimate of drug-likeness (QED) is 0.433. The van der Waals surface area contributed by atoms with Gasteiger partial charge >= 0.3 is 0 Å². The Balaban J connectivity index is 1.92.